The summed E-state index contributed by atoms with van der Waals surface area (Å²) in [5.74, 6) is 0. The molecule has 1 unspecified atom stereocenters. The van der Waals surface area contributed by atoms with Crippen LogP contribution in [-0.2, 0) is 7.05 Å². The van der Waals surface area contributed by atoms with Crippen molar-refractivity contribution in [2.75, 3.05) is 19.7 Å². The molecule has 0 amide bonds. The number of aliphatic hydroxyl groups is 1. The second kappa shape index (κ2) is 7.51. The Morgan fingerprint density at radius 3 is 2.50 bits per heavy atom. The molecule has 1 aromatic rings. The lowest BCUT2D eigenvalue weighted by atomic mass is 10.0. The largest absolute Gasteiger partial charge is 0.395 e. The molecule has 0 saturated carbocycles. The maximum atomic E-state index is 9.27. The molecule has 0 aromatic carbocycles. The summed E-state index contributed by atoms with van der Waals surface area (Å²) in [4.78, 5) is 2.30. The quantitative estimate of drug-likeness (QED) is 0.723. The molecule has 0 saturated heterocycles. The number of hydrogen-bond donors (Lipinski definition) is 2. The molecule has 0 fully saturated rings. The highest BCUT2D eigenvalue weighted by Gasteiger charge is 2.25. The highest BCUT2D eigenvalue weighted by Crippen LogP contribution is 2.23. The fourth-order valence-corrected chi connectivity index (χ4v) is 2.54. The van der Waals surface area contributed by atoms with E-state index in [0.717, 1.165) is 18.4 Å². The molecular formula is C13H26N4O. The summed E-state index contributed by atoms with van der Waals surface area (Å²) in [7, 11) is 1.91. The van der Waals surface area contributed by atoms with E-state index in [1.807, 2.05) is 19.4 Å². The molecule has 0 spiro atoms. The number of rotatable bonds is 8. The zero-order valence-electron chi connectivity index (χ0n) is 11.7. The van der Waals surface area contributed by atoms with E-state index in [2.05, 4.69) is 23.8 Å². The van der Waals surface area contributed by atoms with Gasteiger partial charge in [-0.3, -0.25) is 9.58 Å². The van der Waals surface area contributed by atoms with Crippen LogP contribution in [0.3, 0.4) is 0 Å². The fraction of sp³-hybridized carbons (Fsp3) is 0.769. The lowest BCUT2D eigenvalue weighted by Crippen LogP contribution is -2.42. The van der Waals surface area contributed by atoms with Gasteiger partial charge in [-0.1, -0.05) is 13.8 Å². The minimum absolute atomic E-state index is 0.135. The van der Waals surface area contributed by atoms with Crippen molar-refractivity contribution >= 4 is 0 Å². The molecule has 5 nitrogen and oxygen atoms in total. The number of aryl methyl sites for hydroxylation is 1. The number of aliphatic hydroxyl groups excluding tert-OH is 1. The van der Waals surface area contributed by atoms with Gasteiger partial charge in [0.2, 0.25) is 0 Å². The van der Waals surface area contributed by atoms with Gasteiger partial charge in [-0.15, -0.1) is 0 Å². The van der Waals surface area contributed by atoms with E-state index in [1.54, 1.807) is 4.68 Å². The van der Waals surface area contributed by atoms with Gasteiger partial charge in [-0.2, -0.15) is 5.10 Å². The first-order valence-corrected chi connectivity index (χ1v) is 6.73. The average Bonchev–Trinajstić information content (AvgIpc) is 2.78. The van der Waals surface area contributed by atoms with Crippen LogP contribution in [0.1, 0.15) is 38.3 Å². The van der Waals surface area contributed by atoms with Crippen LogP contribution in [0.4, 0.5) is 0 Å². The van der Waals surface area contributed by atoms with Crippen LogP contribution in [0.2, 0.25) is 0 Å². The summed E-state index contributed by atoms with van der Waals surface area (Å²) in [6.07, 6.45) is 6.00. The first-order chi connectivity index (χ1) is 8.67. The van der Waals surface area contributed by atoms with Crippen molar-refractivity contribution in [3.8, 4) is 0 Å². The third kappa shape index (κ3) is 3.54. The number of aromatic nitrogens is 2. The summed E-state index contributed by atoms with van der Waals surface area (Å²) >= 11 is 0. The molecule has 0 aliphatic carbocycles. The molecule has 104 valence electrons. The van der Waals surface area contributed by atoms with E-state index in [1.165, 1.54) is 0 Å². The normalized spacial score (nSPS) is 13.5. The molecule has 1 aromatic heterocycles. The SMILES string of the molecule is CCC(CC)N(CCO)C(CN)c1cnn(C)c1. The molecule has 1 heterocycles. The topological polar surface area (TPSA) is 67.3 Å². The second-order valence-corrected chi connectivity index (χ2v) is 4.63. The molecule has 1 rings (SSSR count). The van der Waals surface area contributed by atoms with Gasteiger partial charge in [0.25, 0.3) is 0 Å². The lowest BCUT2D eigenvalue weighted by molar-refractivity contribution is 0.0995. The Bertz CT molecular complexity index is 335. The van der Waals surface area contributed by atoms with Crippen molar-refractivity contribution in [3.05, 3.63) is 18.0 Å². The molecule has 0 radical (unpaired) electrons. The molecule has 0 aliphatic heterocycles. The smallest absolute Gasteiger partial charge is 0.0558 e. The number of nitrogens with two attached hydrogens (primary N) is 1. The van der Waals surface area contributed by atoms with E-state index >= 15 is 0 Å². The molecule has 3 N–H and O–H groups in total. The van der Waals surface area contributed by atoms with E-state index in [4.69, 9.17) is 5.73 Å². The summed E-state index contributed by atoms with van der Waals surface area (Å²) in [6.45, 7) is 5.71. The Morgan fingerprint density at radius 2 is 2.11 bits per heavy atom. The van der Waals surface area contributed by atoms with Gasteiger partial charge in [0.1, 0.15) is 0 Å². The van der Waals surface area contributed by atoms with Crippen LogP contribution in [0, 0.1) is 0 Å². The Kier molecular flexibility index (Phi) is 6.32. The molecular weight excluding hydrogens is 228 g/mol. The van der Waals surface area contributed by atoms with E-state index in [-0.39, 0.29) is 12.6 Å². The van der Waals surface area contributed by atoms with Gasteiger partial charge in [0, 0.05) is 37.9 Å². The van der Waals surface area contributed by atoms with Gasteiger partial charge in [0.15, 0.2) is 0 Å². The maximum absolute atomic E-state index is 9.27. The van der Waals surface area contributed by atoms with E-state index < -0.39 is 0 Å². The van der Waals surface area contributed by atoms with Crippen LogP contribution in [0.25, 0.3) is 0 Å². The first kappa shape index (κ1) is 15.1. The Hall–Kier alpha value is -0.910. The monoisotopic (exact) mass is 254 g/mol. The summed E-state index contributed by atoms with van der Waals surface area (Å²) in [5.41, 5.74) is 7.06. The molecule has 0 bridgehead atoms. The van der Waals surface area contributed by atoms with Crippen molar-refractivity contribution in [1.82, 2.24) is 14.7 Å². The highest BCUT2D eigenvalue weighted by atomic mass is 16.3. The molecule has 5 heteroatoms. The summed E-state index contributed by atoms with van der Waals surface area (Å²) in [5, 5.41) is 13.5. The zero-order valence-corrected chi connectivity index (χ0v) is 11.7. The summed E-state index contributed by atoms with van der Waals surface area (Å²) < 4.78 is 1.79. The molecule has 18 heavy (non-hydrogen) atoms. The summed E-state index contributed by atoms with van der Waals surface area (Å²) in [6, 6.07) is 0.585. The molecule has 1 atom stereocenters. The Labute approximate surface area is 110 Å². The zero-order chi connectivity index (χ0) is 13.5. The van der Waals surface area contributed by atoms with Gasteiger partial charge < -0.3 is 10.8 Å². The minimum atomic E-state index is 0.135. The minimum Gasteiger partial charge on any atom is -0.395 e. The Balaban J connectivity index is 2.92. The predicted octanol–water partition coefficient (Wildman–Crippen LogP) is 0.903. The first-order valence-electron chi connectivity index (χ1n) is 6.73. The van der Waals surface area contributed by atoms with Crippen molar-refractivity contribution in [2.24, 2.45) is 12.8 Å². The van der Waals surface area contributed by atoms with Gasteiger partial charge >= 0.3 is 0 Å². The van der Waals surface area contributed by atoms with Crippen LogP contribution < -0.4 is 5.73 Å². The predicted molar refractivity (Wildman–Crippen MR) is 73.2 cm³/mol. The van der Waals surface area contributed by atoms with Crippen LogP contribution >= 0.6 is 0 Å². The van der Waals surface area contributed by atoms with Crippen LogP contribution in [0.15, 0.2) is 12.4 Å². The fourth-order valence-electron chi connectivity index (χ4n) is 2.54. The Morgan fingerprint density at radius 1 is 1.44 bits per heavy atom. The standard InChI is InChI=1S/C13H26N4O/c1-4-12(5-2)17(6-7-18)13(8-14)11-9-15-16(3)10-11/h9-10,12-13,18H,4-8,14H2,1-3H3. The van der Waals surface area contributed by atoms with Crippen LogP contribution in [-0.4, -0.2) is 45.5 Å². The lowest BCUT2D eigenvalue weighted by Gasteiger charge is -2.36. The van der Waals surface area contributed by atoms with Crippen LogP contribution in [0.5, 0.6) is 0 Å². The van der Waals surface area contributed by atoms with Gasteiger partial charge in [-0.25, -0.2) is 0 Å². The number of hydrogen-bond acceptors (Lipinski definition) is 4. The van der Waals surface area contributed by atoms with Gasteiger partial charge in [-0.05, 0) is 12.8 Å². The maximum Gasteiger partial charge on any atom is 0.0558 e. The van der Waals surface area contributed by atoms with E-state index in [0.29, 0.717) is 19.1 Å². The molecule has 0 aliphatic rings. The van der Waals surface area contributed by atoms with Crippen molar-refractivity contribution < 1.29 is 5.11 Å². The highest BCUT2D eigenvalue weighted by molar-refractivity contribution is 5.11. The number of nitrogens with zero attached hydrogens (tertiary/aromatic N) is 3. The average molecular weight is 254 g/mol. The third-order valence-electron chi connectivity index (χ3n) is 3.50. The van der Waals surface area contributed by atoms with Gasteiger partial charge in [0.05, 0.1) is 18.8 Å². The third-order valence-corrected chi connectivity index (χ3v) is 3.50. The van der Waals surface area contributed by atoms with E-state index in [9.17, 15) is 5.11 Å². The second-order valence-electron chi connectivity index (χ2n) is 4.63. The van der Waals surface area contributed by atoms with Crippen molar-refractivity contribution in [3.63, 3.8) is 0 Å². The van der Waals surface area contributed by atoms with Crippen molar-refractivity contribution in [2.45, 2.75) is 38.8 Å². The van der Waals surface area contributed by atoms with Crippen molar-refractivity contribution in [1.29, 1.82) is 0 Å².